The number of hydrogen-bond acceptors (Lipinski definition) is 7. The molecule has 2 aromatic carbocycles. The van der Waals surface area contributed by atoms with E-state index in [2.05, 4.69) is 38.1 Å². The fourth-order valence-corrected chi connectivity index (χ4v) is 3.42. The van der Waals surface area contributed by atoms with Crippen LogP contribution in [0.4, 0.5) is 5.69 Å². The van der Waals surface area contributed by atoms with E-state index in [1.807, 2.05) is 24.3 Å². The first-order chi connectivity index (χ1) is 14.0. The van der Waals surface area contributed by atoms with Gasteiger partial charge in [0, 0.05) is 5.56 Å². The summed E-state index contributed by atoms with van der Waals surface area (Å²) in [6, 6.07) is 10.8. The number of nitrogens with zero attached hydrogens (tertiary/aromatic N) is 2. The molecule has 29 heavy (non-hydrogen) atoms. The van der Waals surface area contributed by atoms with E-state index in [0.29, 0.717) is 28.3 Å². The van der Waals surface area contributed by atoms with Gasteiger partial charge in [0.2, 0.25) is 0 Å². The van der Waals surface area contributed by atoms with Crippen molar-refractivity contribution in [1.29, 1.82) is 0 Å². The molecule has 0 atom stereocenters. The van der Waals surface area contributed by atoms with Gasteiger partial charge < -0.3 is 19.5 Å². The molecule has 0 spiro atoms. The molecule has 0 aliphatic carbocycles. The van der Waals surface area contributed by atoms with E-state index >= 15 is 0 Å². The van der Waals surface area contributed by atoms with Crippen molar-refractivity contribution < 1.29 is 23.8 Å². The molecule has 150 valence electrons. The Hall–Kier alpha value is -2.95. The topological polar surface area (TPSA) is 98.6 Å². The van der Waals surface area contributed by atoms with Crippen molar-refractivity contribution in [2.24, 2.45) is 10.2 Å². The first kappa shape index (κ1) is 20.8. The number of halogens is 1. The molecule has 0 saturated heterocycles. The molecule has 1 aliphatic rings. The van der Waals surface area contributed by atoms with Gasteiger partial charge in [-0.2, -0.15) is 5.10 Å². The second kappa shape index (κ2) is 9.50. The van der Waals surface area contributed by atoms with E-state index in [-0.39, 0.29) is 24.8 Å². The lowest BCUT2D eigenvalue weighted by molar-refractivity contribution is -0.145. The number of anilines is 1. The number of esters is 1. The van der Waals surface area contributed by atoms with Gasteiger partial charge in [0.05, 0.1) is 29.2 Å². The number of para-hydroxylation sites is 1. The van der Waals surface area contributed by atoms with Crippen LogP contribution in [-0.4, -0.2) is 44.1 Å². The Bertz CT molecular complexity index is 1000. The van der Waals surface area contributed by atoms with E-state index in [4.69, 9.17) is 14.2 Å². The first-order valence-electron chi connectivity index (χ1n) is 8.71. The quantitative estimate of drug-likeness (QED) is 0.269. The molecule has 3 rings (SSSR count). The molecule has 2 aromatic rings. The predicted octanol–water partition coefficient (Wildman–Crippen LogP) is 3.02. The third-order valence-electron chi connectivity index (χ3n) is 3.90. The fourth-order valence-electron chi connectivity index (χ4n) is 2.64. The number of fused-ring (bicyclic) bond motifs is 1. The molecule has 0 fully saturated rings. The second-order valence-electron chi connectivity index (χ2n) is 5.82. The summed E-state index contributed by atoms with van der Waals surface area (Å²) in [5.74, 6) is 0.133. The number of amides is 1. The van der Waals surface area contributed by atoms with E-state index < -0.39 is 5.97 Å². The molecule has 1 heterocycles. The van der Waals surface area contributed by atoms with Crippen molar-refractivity contribution >= 4 is 52.1 Å². The lowest BCUT2D eigenvalue weighted by atomic mass is 10.1. The summed E-state index contributed by atoms with van der Waals surface area (Å²) in [5, 5.41) is 10.9. The number of methoxy groups -OCH3 is 1. The maximum absolute atomic E-state index is 12.1. The van der Waals surface area contributed by atoms with Gasteiger partial charge in [-0.1, -0.05) is 18.2 Å². The highest BCUT2D eigenvalue weighted by atomic mass is 127. The molecule has 8 nitrogen and oxygen atoms in total. The van der Waals surface area contributed by atoms with Gasteiger partial charge in [0.15, 0.2) is 23.8 Å². The van der Waals surface area contributed by atoms with Gasteiger partial charge in [-0.05, 0) is 53.3 Å². The van der Waals surface area contributed by atoms with Crippen LogP contribution in [0, 0.1) is 3.57 Å². The van der Waals surface area contributed by atoms with E-state index in [9.17, 15) is 9.59 Å². The van der Waals surface area contributed by atoms with Crippen LogP contribution in [0.15, 0.2) is 46.6 Å². The maximum atomic E-state index is 12.1. The number of hydrogen-bond donors (Lipinski definition) is 1. The monoisotopic (exact) mass is 507 g/mol. The van der Waals surface area contributed by atoms with Gasteiger partial charge in [-0.25, -0.2) is 4.79 Å². The van der Waals surface area contributed by atoms with Crippen molar-refractivity contribution in [1.82, 2.24) is 0 Å². The van der Waals surface area contributed by atoms with Crippen LogP contribution in [0.2, 0.25) is 0 Å². The van der Waals surface area contributed by atoms with Crippen molar-refractivity contribution in [3.05, 3.63) is 51.1 Å². The number of ether oxygens (including phenoxy) is 3. The standard InChI is InChI=1S/C20H18IN3O5/c1-3-28-17(25)11-29-19-14(21)8-12(9-16(19)27-2)10-22-24-18-13-6-4-5-7-15(13)23-20(18)26/h4-10H,3,11H2,1-2H3,(H,23,24,26)/b22-10-. The molecule has 1 N–H and O–H groups in total. The normalized spacial score (nSPS) is 14.0. The molecular weight excluding hydrogens is 489 g/mol. The number of rotatable bonds is 7. The number of carbonyl (C=O) groups is 2. The highest BCUT2D eigenvalue weighted by Crippen LogP contribution is 2.33. The average Bonchev–Trinajstić information content (AvgIpc) is 3.02. The number of nitrogens with one attached hydrogen (secondary N) is 1. The van der Waals surface area contributed by atoms with Crippen molar-refractivity contribution in [2.45, 2.75) is 6.92 Å². The fraction of sp³-hybridized carbons (Fsp3) is 0.200. The lowest BCUT2D eigenvalue weighted by Crippen LogP contribution is -2.15. The Morgan fingerprint density at radius 3 is 2.83 bits per heavy atom. The minimum atomic E-state index is -0.457. The SMILES string of the molecule is CCOC(=O)COc1c(I)cc(/C=N\N=C2\C(=O)Nc3ccccc32)cc1OC. The van der Waals surface area contributed by atoms with Gasteiger partial charge >= 0.3 is 5.97 Å². The highest BCUT2D eigenvalue weighted by Gasteiger charge is 2.25. The van der Waals surface area contributed by atoms with Gasteiger partial charge in [-0.3, -0.25) is 4.79 Å². The zero-order valence-corrected chi connectivity index (χ0v) is 17.9. The Morgan fingerprint density at radius 2 is 2.07 bits per heavy atom. The average molecular weight is 507 g/mol. The highest BCUT2D eigenvalue weighted by molar-refractivity contribution is 14.1. The van der Waals surface area contributed by atoms with E-state index in [0.717, 1.165) is 3.57 Å². The minimum absolute atomic E-state index is 0.212. The van der Waals surface area contributed by atoms with Gasteiger partial charge in [0.1, 0.15) is 0 Å². The van der Waals surface area contributed by atoms with Gasteiger partial charge in [-0.15, -0.1) is 5.10 Å². The van der Waals surface area contributed by atoms with E-state index in [1.165, 1.54) is 13.3 Å². The number of carbonyl (C=O) groups excluding carboxylic acids is 2. The summed E-state index contributed by atoms with van der Waals surface area (Å²) >= 11 is 2.08. The molecular formula is C20H18IN3O5. The van der Waals surface area contributed by atoms with Crippen LogP contribution in [0.25, 0.3) is 0 Å². The predicted molar refractivity (Wildman–Crippen MR) is 117 cm³/mol. The first-order valence-corrected chi connectivity index (χ1v) is 9.79. The van der Waals surface area contributed by atoms with Crippen LogP contribution in [0.3, 0.4) is 0 Å². The maximum Gasteiger partial charge on any atom is 0.344 e. The molecule has 0 aromatic heterocycles. The van der Waals surface area contributed by atoms with Crippen LogP contribution in [0.1, 0.15) is 18.1 Å². The Labute approximate surface area is 181 Å². The summed E-state index contributed by atoms with van der Waals surface area (Å²) in [5.41, 5.74) is 2.38. The third-order valence-corrected chi connectivity index (χ3v) is 4.70. The smallest absolute Gasteiger partial charge is 0.344 e. The zero-order valence-electron chi connectivity index (χ0n) is 15.8. The molecule has 0 saturated carbocycles. The summed E-state index contributed by atoms with van der Waals surface area (Å²) < 4.78 is 16.5. The molecule has 1 amide bonds. The van der Waals surface area contributed by atoms with Crippen molar-refractivity contribution in [3.8, 4) is 11.5 Å². The summed E-state index contributed by atoms with van der Waals surface area (Å²) in [6.07, 6.45) is 1.51. The lowest BCUT2D eigenvalue weighted by Gasteiger charge is -2.12. The Morgan fingerprint density at radius 1 is 1.28 bits per heavy atom. The minimum Gasteiger partial charge on any atom is -0.493 e. The van der Waals surface area contributed by atoms with Crippen LogP contribution in [0.5, 0.6) is 11.5 Å². The molecule has 1 aliphatic heterocycles. The zero-order chi connectivity index (χ0) is 20.8. The number of benzene rings is 2. The third kappa shape index (κ3) is 4.91. The molecule has 0 radical (unpaired) electrons. The van der Waals surface area contributed by atoms with Crippen LogP contribution in [-0.2, 0) is 14.3 Å². The van der Waals surface area contributed by atoms with Crippen molar-refractivity contribution in [2.75, 3.05) is 25.6 Å². The van der Waals surface area contributed by atoms with E-state index in [1.54, 1.807) is 19.1 Å². The summed E-state index contributed by atoms with van der Waals surface area (Å²) in [6.45, 7) is 1.81. The largest absolute Gasteiger partial charge is 0.493 e. The van der Waals surface area contributed by atoms with Gasteiger partial charge in [0.25, 0.3) is 5.91 Å². The molecule has 0 unspecified atom stereocenters. The Kier molecular flexibility index (Phi) is 6.81. The van der Waals surface area contributed by atoms with Crippen molar-refractivity contribution in [3.63, 3.8) is 0 Å². The van der Waals surface area contributed by atoms with Crippen LogP contribution >= 0.6 is 22.6 Å². The van der Waals surface area contributed by atoms with Crippen LogP contribution < -0.4 is 14.8 Å². The summed E-state index contributed by atoms with van der Waals surface area (Å²) in [4.78, 5) is 23.6. The molecule has 9 heteroatoms. The second-order valence-corrected chi connectivity index (χ2v) is 6.98. The summed E-state index contributed by atoms with van der Waals surface area (Å²) in [7, 11) is 1.50. The Balaban J connectivity index is 1.79. The molecule has 0 bridgehead atoms.